The summed E-state index contributed by atoms with van der Waals surface area (Å²) in [5, 5.41) is 6.02. The highest BCUT2D eigenvalue weighted by atomic mass is 32.1. The fourth-order valence-electron chi connectivity index (χ4n) is 2.98. The van der Waals surface area contributed by atoms with Gasteiger partial charge in [-0.3, -0.25) is 4.79 Å². The van der Waals surface area contributed by atoms with Crippen molar-refractivity contribution in [3.05, 3.63) is 23.6 Å². The molecule has 1 aromatic carbocycles. The quantitative estimate of drug-likeness (QED) is 0.918. The molecule has 0 unspecified atom stereocenters. The summed E-state index contributed by atoms with van der Waals surface area (Å²) < 4.78 is 5.40. The van der Waals surface area contributed by atoms with E-state index in [0.717, 1.165) is 41.1 Å². The van der Waals surface area contributed by atoms with Crippen molar-refractivity contribution in [2.24, 2.45) is 5.92 Å². The SMILES string of the molecule is CC1CCN(c2nc(-c3ccc4c(c3)NC(=O)CO4)cs2)CC1. The molecule has 0 saturated carbocycles. The maximum atomic E-state index is 11.5. The molecule has 5 nitrogen and oxygen atoms in total. The molecule has 1 fully saturated rings. The smallest absolute Gasteiger partial charge is 0.262 e. The van der Waals surface area contributed by atoms with Gasteiger partial charge in [0.15, 0.2) is 11.7 Å². The highest BCUT2D eigenvalue weighted by Gasteiger charge is 2.20. The lowest BCUT2D eigenvalue weighted by Crippen LogP contribution is -2.32. The summed E-state index contributed by atoms with van der Waals surface area (Å²) >= 11 is 1.69. The van der Waals surface area contributed by atoms with Gasteiger partial charge >= 0.3 is 0 Å². The van der Waals surface area contributed by atoms with E-state index in [2.05, 4.69) is 22.5 Å². The molecule has 0 aliphatic carbocycles. The van der Waals surface area contributed by atoms with Crippen molar-refractivity contribution in [1.82, 2.24) is 4.98 Å². The summed E-state index contributed by atoms with van der Waals surface area (Å²) in [7, 11) is 0. The molecule has 6 heteroatoms. The molecule has 2 aromatic rings. The number of anilines is 2. The van der Waals surface area contributed by atoms with Crippen molar-refractivity contribution in [2.45, 2.75) is 19.8 Å². The zero-order valence-corrected chi connectivity index (χ0v) is 13.9. The van der Waals surface area contributed by atoms with Crippen LogP contribution in [0.5, 0.6) is 5.75 Å². The lowest BCUT2D eigenvalue weighted by Gasteiger charge is -2.29. The number of amides is 1. The Hall–Kier alpha value is -2.08. The first-order chi connectivity index (χ1) is 11.2. The summed E-state index contributed by atoms with van der Waals surface area (Å²) in [5.74, 6) is 1.42. The summed E-state index contributed by atoms with van der Waals surface area (Å²) in [4.78, 5) is 18.6. The molecule has 0 spiro atoms. The van der Waals surface area contributed by atoms with Crippen molar-refractivity contribution < 1.29 is 9.53 Å². The van der Waals surface area contributed by atoms with Crippen LogP contribution >= 0.6 is 11.3 Å². The Balaban J connectivity index is 1.57. The Morgan fingerprint density at radius 3 is 3.00 bits per heavy atom. The van der Waals surface area contributed by atoms with E-state index < -0.39 is 0 Å². The Morgan fingerprint density at radius 2 is 2.17 bits per heavy atom. The number of thiazole rings is 1. The second-order valence-electron chi connectivity index (χ2n) is 6.23. The lowest BCUT2D eigenvalue weighted by molar-refractivity contribution is -0.118. The third-order valence-corrected chi connectivity index (χ3v) is 5.36. The van der Waals surface area contributed by atoms with Crippen molar-refractivity contribution in [2.75, 3.05) is 29.9 Å². The molecule has 0 bridgehead atoms. The summed E-state index contributed by atoms with van der Waals surface area (Å²) in [6, 6.07) is 5.82. The average molecular weight is 329 g/mol. The molecular weight excluding hydrogens is 310 g/mol. The van der Waals surface area contributed by atoms with Crippen LogP contribution in [0.1, 0.15) is 19.8 Å². The van der Waals surface area contributed by atoms with Gasteiger partial charge < -0.3 is 15.0 Å². The molecule has 1 N–H and O–H groups in total. The second kappa shape index (κ2) is 5.85. The van der Waals surface area contributed by atoms with Gasteiger partial charge in [-0.15, -0.1) is 11.3 Å². The fourth-order valence-corrected chi connectivity index (χ4v) is 3.87. The van der Waals surface area contributed by atoms with Gasteiger partial charge in [-0.05, 0) is 37.0 Å². The number of hydrogen-bond acceptors (Lipinski definition) is 5. The maximum Gasteiger partial charge on any atom is 0.262 e. The first-order valence-electron chi connectivity index (χ1n) is 7.96. The van der Waals surface area contributed by atoms with Crippen LogP contribution in [0.15, 0.2) is 23.6 Å². The fraction of sp³-hybridized carbons (Fsp3) is 0.412. The first-order valence-corrected chi connectivity index (χ1v) is 8.84. The highest BCUT2D eigenvalue weighted by Crippen LogP contribution is 2.35. The monoisotopic (exact) mass is 329 g/mol. The van der Waals surface area contributed by atoms with E-state index in [-0.39, 0.29) is 12.5 Å². The van der Waals surface area contributed by atoms with E-state index in [1.165, 1.54) is 12.8 Å². The van der Waals surface area contributed by atoms with Crippen LogP contribution in [0.4, 0.5) is 10.8 Å². The standard InChI is InChI=1S/C17H19N3O2S/c1-11-4-6-20(7-5-11)17-19-14(10-23-17)12-2-3-15-13(8-12)18-16(21)9-22-15/h2-3,8,10-11H,4-7,9H2,1H3,(H,18,21). The van der Waals surface area contributed by atoms with E-state index in [1.807, 2.05) is 18.2 Å². The third-order valence-electron chi connectivity index (χ3n) is 4.45. The Bertz CT molecular complexity index is 735. The number of ether oxygens (including phenoxy) is 1. The number of benzene rings is 1. The maximum absolute atomic E-state index is 11.5. The van der Waals surface area contributed by atoms with Crippen LogP contribution in [0.3, 0.4) is 0 Å². The van der Waals surface area contributed by atoms with Gasteiger partial charge in [0.2, 0.25) is 0 Å². The molecule has 2 aliphatic rings. The second-order valence-corrected chi connectivity index (χ2v) is 7.07. The molecule has 23 heavy (non-hydrogen) atoms. The first kappa shape index (κ1) is 14.5. The number of fused-ring (bicyclic) bond motifs is 1. The molecule has 1 aromatic heterocycles. The number of aromatic nitrogens is 1. The minimum atomic E-state index is -0.115. The predicted octanol–water partition coefficient (Wildman–Crippen LogP) is 3.38. The van der Waals surface area contributed by atoms with E-state index in [9.17, 15) is 4.79 Å². The number of carbonyl (C=O) groups excluding carboxylic acids is 1. The number of carbonyl (C=O) groups is 1. The summed E-state index contributed by atoms with van der Waals surface area (Å²) in [6.07, 6.45) is 2.47. The Kier molecular flexibility index (Phi) is 3.69. The average Bonchev–Trinajstić information content (AvgIpc) is 3.05. The van der Waals surface area contributed by atoms with Crippen LogP contribution in [-0.4, -0.2) is 30.6 Å². The molecule has 1 amide bonds. The summed E-state index contributed by atoms with van der Waals surface area (Å²) in [5.41, 5.74) is 2.67. The number of hydrogen-bond donors (Lipinski definition) is 1. The van der Waals surface area contributed by atoms with Crippen LogP contribution in [0.25, 0.3) is 11.3 Å². The van der Waals surface area contributed by atoms with E-state index in [1.54, 1.807) is 11.3 Å². The van der Waals surface area contributed by atoms with E-state index in [0.29, 0.717) is 5.75 Å². The minimum Gasteiger partial charge on any atom is -0.482 e. The predicted molar refractivity (Wildman–Crippen MR) is 92.3 cm³/mol. The summed E-state index contributed by atoms with van der Waals surface area (Å²) in [6.45, 7) is 4.57. The van der Waals surface area contributed by atoms with Gasteiger partial charge in [0.1, 0.15) is 5.75 Å². The number of nitrogens with one attached hydrogen (secondary N) is 1. The van der Waals surface area contributed by atoms with Gasteiger partial charge in [0.25, 0.3) is 5.91 Å². The number of rotatable bonds is 2. The normalized spacial score (nSPS) is 18.3. The molecule has 3 heterocycles. The highest BCUT2D eigenvalue weighted by molar-refractivity contribution is 7.14. The van der Waals surface area contributed by atoms with Crippen LogP contribution < -0.4 is 15.0 Å². The van der Waals surface area contributed by atoms with Crippen LogP contribution in [0.2, 0.25) is 0 Å². The minimum absolute atomic E-state index is 0.0839. The van der Waals surface area contributed by atoms with Crippen molar-refractivity contribution in [1.29, 1.82) is 0 Å². The zero-order chi connectivity index (χ0) is 15.8. The van der Waals surface area contributed by atoms with Gasteiger partial charge in [0.05, 0.1) is 11.4 Å². The molecule has 0 radical (unpaired) electrons. The number of nitrogens with zero attached hydrogens (tertiary/aromatic N) is 2. The topological polar surface area (TPSA) is 54.5 Å². The molecular formula is C17H19N3O2S. The van der Waals surface area contributed by atoms with Crippen LogP contribution in [-0.2, 0) is 4.79 Å². The lowest BCUT2D eigenvalue weighted by atomic mass is 10.00. The largest absolute Gasteiger partial charge is 0.482 e. The van der Waals surface area contributed by atoms with E-state index >= 15 is 0 Å². The zero-order valence-electron chi connectivity index (χ0n) is 13.0. The van der Waals surface area contributed by atoms with Crippen molar-refractivity contribution >= 4 is 28.1 Å². The van der Waals surface area contributed by atoms with Gasteiger partial charge in [0, 0.05) is 24.0 Å². The van der Waals surface area contributed by atoms with Gasteiger partial charge in [-0.25, -0.2) is 4.98 Å². The Morgan fingerprint density at radius 1 is 1.35 bits per heavy atom. The molecule has 0 atom stereocenters. The Labute approximate surface area is 139 Å². The molecule has 4 rings (SSSR count). The number of piperidine rings is 1. The van der Waals surface area contributed by atoms with Crippen molar-refractivity contribution in [3.63, 3.8) is 0 Å². The molecule has 2 aliphatic heterocycles. The van der Waals surface area contributed by atoms with E-state index in [4.69, 9.17) is 9.72 Å². The molecule has 120 valence electrons. The van der Waals surface area contributed by atoms with Crippen molar-refractivity contribution in [3.8, 4) is 17.0 Å². The van der Waals surface area contributed by atoms with Gasteiger partial charge in [-0.1, -0.05) is 6.92 Å². The van der Waals surface area contributed by atoms with Gasteiger partial charge in [-0.2, -0.15) is 0 Å². The molecule has 1 saturated heterocycles. The third kappa shape index (κ3) is 2.91. The van der Waals surface area contributed by atoms with Crippen LogP contribution in [0, 0.1) is 5.92 Å².